The molecule has 1 atom stereocenters. The van der Waals surface area contributed by atoms with E-state index in [-0.39, 0.29) is 11.9 Å². The van der Waals surface area contributed by atoms with Crippen LogP contribution < -0.4 is 9.64 Å². The Morgan fingerprint density at radius 3 is 2.16 bits per heavy atom. The van der Waals surface area contributed by atoms with Gasteiger partial charge in [0.25, 0.3) is 0 Å². The molecule has 236 valence electrons. The van der Waals surface area contributed by atoms with Crippen molar-refractivity contribution >= 4 is 11.7 Å². The number of aryl methyl sites for hydroxylation is 2. The molecule has 2 aliphatic rings. The average Bonchev–Trinajstić information content (AvgIpc) is 3.71. The van der Waals surface area contributed by atoms with Gasteiger partial charge in [0.05, 0.1) is 24.0 Å². The molecule has 1 unspecified atom stereocenters. The van der Waals surface area contributed by atoms with Crippen LogP contribution in [0.25, 0.3) is 11.1 Å². The number of carbonyl (C=O) groups is 1. The van der Waals surface area contributed by atoms with Gasteiger partial charge in [-0.05, 0) is 115 Å². The van der Waals surface area contributed by atoms with Crippen molar-refractivity contribution < 1.29 is 23.4 Å². The molecular formula is C37H47FN2O4. The van der Waals surface area contributed by atoms with E-state index in [1.165, 1.54) is 25.0 Å². The number of pyridine rings is 1. The van der Waals surface area contributed by atoms with E-state index < -0.39 is 17.7 Å². The minimum Gasteiger partial charge on any atom is -0.493 e. The molecule has 1 aliphatic heterocycles. The smallest absolute Gasteiger partial charge is 0.340 e. The largest absolute Gasteiger partial charge is 0.493 e. The van der Waals surface area contributed by atoms with Crippen molar-refractivity contribution in [2.45, 2.75) is 98.4 Å². The van der Waals surface area contributed by atoms with Gasteiger partial charge in [0.2, 0.25) is 0 Å². The molecule has 2 heterocycles. The summed E-state index contributed by atoms with van der Waals surface area (Å²) in [4.78, 5) is 21.1. The van der Waals surface area contributed by atoms with Crippen molar-refractivity contribution in [2.24, 2.45) is 5.41 Å². The lowest BCUT2D eigenvalue weighted by Gasteiger charge is -2.39. The summed E-state index contributed by atoms with van der Waals surface area (Å²) in [5.74, 6) is 0.133. The number of anilines is 1. The molecule has 0 N–H and O–H groups in total. The lowest BCUT2D eigenvalue weighted by atomic mass is 9.89. The molecule has 7 heteroatoms. The molecule has 1 saturated heterocycles. The number of carbonyl (C=O) groups excluding carboxylic acids is 1. The van der Waals surface area contributed by atoms with Crippen LogP contribution >= 0.6 is 0 Å². The second-order valence-electron chi connectivity index (χ2n) is 13.8. The number of nitrogens with zero attached hydrogens (tertiary/aromatic N) is 2. The molecule has 5 rings (SSSR count). The quantitative estimate of drug-likeness (QED) is 0.218. The number of piperidine rings is 1. The maximum atomic E-state index is 13.7. The first kappa shape index (κ1) is 32.0. The summed E-state index contributed by atoms with van der Waals surface area (Å²) in [5.41, 5.74) is 6.46. The van der Waals surface area contributed by atoms with Gasteiger partial charge in [-0.2, -0.15) is 0 Å². The molecule has 44 heavy (non-hydrogen) atoms. The number of ether oxygens (including phenoxy) is 3. The Hall–Kier alpha value is -3.45. The third kappa shape index (κ3) is 7.60. The highest BCUT2D eigenvalue weighted by molar-refractivity contribution is 5.88. The van der Waals surface area contributed by atoms with Crippen LogP contribution in [-0.2, 0) is 20.7 Å². The van der Waals surface area contributed by atoms with Gasteiger partial charge in [-0.15, -0.1) is 0 Å². The van der Waals surface area contributed by atoms with Gasteiger partial charge >= 0.3 is 5.97 Å². The second-order valence-corrected chi connectivity index (χ2v) is 13.8. The van der Waals surface area contributed by atoms with E-state index in [0.29, 0.717) is 18.4 Å². The lowest BCUT2D eigenvalue weighted by Crippen LogP contribution is -2.38. The van der Waals surface area contributed by atoms with Crippen molar-refractivity contribution in [3.8, 4) is 16.9 Å². The second kappa shape index (κ2) is 12.9. The van der Waals surface area contributed by atoms with E-state index in [9.17, 15) is 9.18 Å². The number of aromatic nitrogens is 1. The number of hydrogen-bond donors (Lipinski definition) is 0. The van der Waals surface area contributed by atoms with Gasteiger partial charge in [-0.3, -0.25) is 4.98 Å². The number of hydrogen-bond acceptors (Lipinski definition) is 6. The Balaban J connectivity index is 1.52. The summed E-state index contributed by atoms with van der Waals surface area (Å²) < 4.78 is 31.6. The van der Waals surface area contributed by atoms with Crippen LogP contribution in [0.15, 0.2) is 48.5 Å². The van der Waals surface area contributed by atoms with Crippen LogP contribution in [0.1, 0.15) is 88.9 Å². The van der Waals surface area contributed by atoms with Gasteiger partial charge in [0.15, 0.2) is 6.10 Å². The molecule has 0 bridgehead atoms. The molecule has 6 nitrogen and oxygen atoms in total. The SMILES string of the molecule is Cc1nc(C)c(C(OC(C)(C)C)C(=O)OC(C)C)c(N2CCC3(CC2)CC3)c1-c1ccc(OCCc2ccc(F)cc2)cc1. The van der Waals surface area contributed by atoms with Gasteiger partial charge in [0, 0.05) is 42.0 Å². The maximum absolute atomic E-state index is 13.7. The van der Waals surface area contributed by atoms with Gasteiger partial charge < -0.3 is 19.1 Å². The van der Waals surface area contributed by atoms with Crippen LogP contribution in [0.2, 0.25) is 0 Å². The fraction of sp³-hybridized carbons (Fsp3) is 0.514. The Labute approximate surface area is 261 Å². The van der Waals surface area contributed by atoms with Crippen LogP contribution in [0.5, 0.6) is 5.75 Å². The standard InChI is InChI=1S/C37H47FN2O4/c1-24(2)43-35(41)34(44-36(5,6)7)32-26(4)39-25(3)31(33(32)40-21-19-37(17-18-37)20-22-40)28-10-14-30(15-11-28)42-23-16-27-8-12-29(38)13-9-27/h8-15,24,34H,16-23H2,1-7H3. The molecule has 1 saturated carbocycles. The molecule has 2 aromatic carbocycles. The van der Waals surface area contributed by atoms with Crippen molar-refractivity contribution in [3.63, 3.8) is 0 Å². The summed E-state index contributed by atoms with van der Waals surface area (Å²) in [5, 5.41) is 0. The van der Waals surface area contributed by atoms with Crippen LogP contribution in [0.3, 0.4) is 0 Å². The first-order valence-electron chi connectivity index (χ1n) is 16.0. The highest BCUT2D eigenvalue weighted by Crippen LogP contribution is 2.55. The maximum Gasteiger partial charge on any atom is 0.340 e. The Morgan fingerprint density at radius 2 is 1.59 bits per heavy atom. The van der Waals surface area contributed by atoms with Crippen molar-refractivity contribution in [1.82, 2.24) is 4.98 Å². The van der Waals surface area contributed by atoms with E-state index in [1.54, 1.807) is 12.1 Å². The monoisotopic (exact) mass is 602 g/mol. The van der Waals surface area contributed by atoms with Gasteiger partial charge in [-0.25, -0.2) is 9.18 Å². The van der Waals surface area contributed by atoms with E-state index >= 15 is 0 Å². The summed E-state index contributed by atoms with van der Waals surface area (Å²) in [7, 11) is 0. The third-order valence-corrected chi connectivity index (χ3v) is 8.69. The van der Waals surface area contributed by atoms with E-state index in [4.69, 9.17) is 19.2 Å². The van der Waals surface area contributed by atoms with E-state index in [1.807, 2.05) is 60.6 Å². The van der Waals surface area contributed by atoms with E-state index in [0.717, 1.165) is 71.0 Å². The third-order valence-electron chi connectivity index (χ3n) is 8.69. The number of benzene rings is 2. The molecule has 0 radical (unpaired) electrons. The highest BCUT2D eigenvalue weighted by atomic mass is 19.1. The van der Waals surface area contributed by atoms with E-state index in [2.05, 4.69) is 17.0 Å². The molecule has 1 aliphatic carbocycles. The summed E-state index contributed by atoms with van der Waals surface area (Å²) in [6, 6.07) is 14.6. The fourth-order valence-corrected chi connectivity index (χ4v) is 6.24. The fourth-order valence-electron chi connectivity index (χ4n) is 6.24. The number of rotatable bonds is 10. The van der Waals surface area contributed by atoms with Crippen LogP contribution in [-0.4, -0.2) is 42.4 Å². The predicted octanol–water partition coefficient (Wildman–Crippen LogP) is 8.31. The average molecular weight is 603 g/mol. The molecule has 1 aromatic heterocycles. The molecule has 3 aromatic rings. The number of halogens is 1. The Morgan fingerprint density at radius 1 is 0.955 bits per heavy atom. The highest BCUT2D eigenvalue weighted by Gasteiger charge is 2.45. The molecule has 0 amide bonds. The van der Waals surface area contributed by atoms with Crippen LogP contribution in [0, 0.1) is 25.1 Å². The van der Waals surface area contributed by atoms with Gasteiger partial charge in [0.1, 0.15) is 11.6 Å². The molecule has 2 fully saturated rings. The zero-order valence-electron chi connectivity index (χ0n) is 27.3. The predicted molar refractivity (Wildman–Crippen MR) is 173 cm³/mol. The summed E-state index contributed by atoms with van der Waals surface area (Å²) in [6.45, 7) is 16.0. The Bertz CT molecular complexity index is 1450. The summed E-state index contributed by atoms with van der Waals surface area (Å²) >= 11 is 0. The first-order chi connectivity index (χ1) is 20.8. The minimum atomic E-state index is -0.912. The summed E-state index contributed by atoms with van der Waals surface area (Å²) in [6.07, 6.45) is 4.43. The lowest BCUT2D eigenvalue weighted by molar-refractivity contribution is -0.171. The van der Waals surface area contributed by atoms with Crippen molar-refractivity contribution in [2.75, 3.05) is 24.6 Å². The topological polar surface area (TPSA) is 60.9 Å². The minimum absolute atomic E-state index is 0.238. The van der Waals surface area contributed by atoms with Crippen molar-refractivity contribution in [1.29, 1.82) is 0 Å². The molecule has 1 spiro atoms. The Kier molecular flexibility index (Phi) is 9.36. The normalized spacial score (nSPS) is 16.7. The zero-order chi connectivity index (χ0) is 31.6. The van der Waals surface area contributed by atoms with Gasteiger partial charge in [-0.1, -0.05) is 24.3 Å². The molecular weight excluding hydrogens is 555 g/mol. The number of esters is 1. The van der Waals surface area contributed by atoms with Crippen LogP contribution in [0.4, 0.5) is 10.1 Å². The zero-order valence-corrected chi connectivity index (χ0v) is 27.3. The first-order valence-corrected chi connectivity index (χ1v) is 16.0. The van der Waals surface area contributed by atoms with Crippen molar-refractivity contribution in [3.05, 3.63) is 76.9 Å².